The van der Waals surface area contributed by atoms with Gasteiger partial charge >= 0.3 is 0 Å². The molecular formula is C17H20ClN. The largest absolute Gasteiger partial charge is 0.320 e. The van der Waals surface area contributed by atoms with Gasteiger partial charge in [-0.25, -0.2) is 0 Å². The van der Waals surface area contributed by atoms with Gasteiger partial charge in [0.05, 0.1) is 6.04 Å². The lowest BCUT2D eigenvalue weighted by Gasteiger charge is -2.26. The fraction of sp³-hybridized carbons (Fsp3) is 0.294. The smallest absolute Gasteiger partial charge is 0.0569 e. The lowest BCUT2D eigenvalue weighted by molar-refractivity contribution is 0.578. The number of hydrogen-bond donors (Lipinski definition) is 1. The summed E-state index contributed by atoms with van der Waals surface area (Å²) in [4.78, 5) is 0. The van der Waals surface area contributed by atoms with Crippen LogP contribution < -0.4 is 5.73 Å². The van der Waals surface area contributed by atoms with Crippen molar-refractivity contribution in [3.05, 3.63) is 70.2 Å². The normalized spacial score (nSPS) is 13.3. The number of hydrogen-bond acceptors (Lipinski definition) is 1. The van der Waals surface area contributed by atoms with E-state index in [1.165, 1.54) is 5.56 Å². The van der Waals surface area contributed by atoms with E-state index in [1.807, 2.05) is 30.3 Å². The third kappa shape index (κ3) is 2.99. The average molecular weight is 274 g/mol. The summed E-state index contributed by atoms with van der Waals surface area (Å²) in [6.45, 7) is 6.60. The Balaban J connectivity index is 2.51. The van der Waals surface area contributed by atoms with Gasteiger partial charge in [0.2, 0.25) is 0 Å². The molecule has 1 nitrogen and oxygen atoms in total. The van der Waals surface area contributed by atoms with Crippen LogP contribution in [0.3, 0.4) is 0 Å². The van der Waals surface area contributed by atoms with Gasteiger partial charge in [0.15, 0.2) is 0 Å². The fourth-order valence-corrected chi connectivity index (χ4v) is 2.60. The van der Waals surface area contributed by atoms with E-state index in [0.29, 0.717) is 0 Å². The molecule has 2 aromatic carbocycles. The molecule has 2 heteroatoms. The predicted molar refractivity (Wildman–Crippen MR) is 82.6 cm³/mol. The highest BCUT2D eigenvalue weighted by molar-refractivity contribution is 6.31. The lowest BCUT2D eigenvalue weighted by atomic mass is 9.81. The van der Waals surface area contributed by atoms with Gasteiger partial charge in [0.25, 0.3) is 0 Å². The van der Waals surface area contributed by atoms with Crippen LogP contribution in [0.25, 0.3) is 0 Å². The van der Waals surface area contributed by atoms with Crippen molar-refractivity contribution in [1.29, 1.82) is 0 Å². The first-order valence-electron chi connectivity index (χ1n) is 6.50. The molecule has 0 heterocycles. The molecule has 0 aliphatic carbocycles. The Hall–Kier alpha value is -1.31. The molecule has 0 fully saturated rings. The fourth-order valence-electron chi connectivity index (χ4n) is 2.35. The standard InChI is InChI=1S/C17H20ClN/c1-17(2,3)14-10-6-4-8-12(14)16(19)13-9-5-7-11-15(13)18/h4-11,16H,19H2,1-3H3. The first kappa shape index (κ1) is 14.1. The molecule has 100 valence electrons. The quantitative estimate of drug-likeness (QED) is 0.844. The van der Waals surface area contributed by atoms with Crippen LogP contribution in [0.1, 0.15) is 43.5 Å². The molecule has 0 spiro atoms. The Kier molecular flexibility index (Phi) is 3.98. The minimum absolute atomic E-state index is 0.0650. The van der Waals surface area contributed by atoms with Crippen molar-refractivity contribution >= 4 is 11.6 Å². The molecule has 2 N–H and O–H groups in total. The molecular weight excluding hydrogens is 254 g/mol. The number of benzene rings is 2. The third-order valence-electron chi connectivity index (χ3n) is 3.34. The first-order chi connectivity index (χ1) is 8.91. The molecule has 0 radical (unpaired) electrons. The van der Waals surface area contributed by atoms with Crippen molar-refractivity contribution in [2.24, 2.45) is 5.73 Å². The van der Waals surface area contributed by atoms with E-state index in [1.54, 1.807) is 0 Å². The first-order valence-corrected chi connectivity index (χ1v) is 6.88. The zero-order valence-electron chi connectivity index (χ0n) is 11.7. The Bertz CT molecular complexity index is 569. The van der Waals surface area contributed by atoms with Gasteiger partial charge in [-0.1, -0.05) is 74.8 Å². The van der Waals surface area contributed by atoms with Gasteiger partial charge in [-0.15, -0.1) is 0 Å². The summed E-state index contributed by atoms with van der Waals surface area (Å²) in [5, 5.41) is 0.721. The van der Waals surface area contributed by atoms with Gasteiger partial charge in [-0.3, -0.25) is 0 Å². The Labute approximate surface area is 120 Å². The molecule has 1 unspecified atom stereocenters. The molecule has 0 aliphatic rings. The number of halogens is 1. The lowest BCUT2D eigenvalue weighted by Crippen LogP contribution is -2.20. The van der Waals surface area contributed by atoms with Gasteiger partial charge in [0, 0.05) is 5.02 Å². The molecule has 0 saturated heterocycles. The van der Waals surface area contributed by atoms with Crippen LogP contribution in [0.5, 0.6) is 0 Å². The molecule has 0 bridgehead atoms. The summed E-state index contributed by atoms with van der Waals surface area (Å²) < 4.78 is 0. The van der Waals surface area contributed by atoms with Crippen LogP contribution in [-0.2, 0) is 5.41 Å². The highest BCUT2D eigenvalue weighted by Crippen LogP contribution is 2.33. The topological polar surface area (TPSA) is 26.0 Å². The van der Waals surface area contributed by atoms with Gasteiger partial charge < -0.3 is 5.73 Å². The van der Waals surface area contributed by atoms with E-state index < -0.39 is 0 Å². The second-order valence-electron chi connectivity index (χ2n) is 5.84. The highest BCUT2D eigenvalue weighted by atomic mass is 35.5. The Morgan fingerprint density at radius 1 is 0.895 bits per heavy atom. The van der Waals surface area contributed by atoms with Crippen molar-refractivity contribution in [1.82, 2.24) is 0 Å². The summed E-state index contributed by atoms with van der Waals surface area (Å²) in [7, 11) is 0. The van der Waals surface area contributed by atoms with Crippen LogP contribution in [0.15, 0.2) is 48.5 Å². The van der Waals surface area contributed by atoms with Crippen LogP contribution >= 0.6 is 11.6 Å². The summed E-state index contributed by atoms with van der Waals surface area (Å²) in [6.07, 6.45) is 0. The maximum absolute atomic E-state index is 6.43. The van der Waals surface area contributed by atoms with Crippen molar-refractivity contribution in [2.45, 2.75) is 32.2 Å². The van der Waals surface area contributed by atoms with Crippen LogP contribution in [-0.4, -0.2) is 0 Å². The van der Waals surface area contributed by atoms with E-state index in [2.05, 4.69) is 39.0 Å². The van der Waals surface area contributed by atoms with Crippen LogP contribution in [0.4, 0.5) is 0 Å². The monoisotopic (exact) mass is 273 g/mol. The molecule has 19 heavy (non-hydrogen) atoms. The zero-order valence-corrected chi connectivity index (χ0v) is 12.4. The second-order valence-corrected chi connectivity index (χ2v) is 6.24. The summed E-state index contributed by atoms with van der Waals surface area (Å²) in [6, 6.07) is 15.9. The summed E-state index contributed by atoms with van der Waals surface area (Å²) >= 11 is 6.26. The van der Waals surface area contributed by atoms with E-state index in [4.69, 9.17) is 17.3 Å². The van der Waals surface area contributed by atoms with Crippen molar-refractivity contribution < 1.29 is 0 Å². The predicted octanol–water partition coefficient (Wildman–Crippen LogP) is 4.69. The zero-order chi connectivity index (χ0) is 14.0. The molecule has 2 aromatic rings. The molecule has 2 rings (SSSR count). The third-order valence-corrected chi connectivity index (χ3v) is 3.69. The van der Waals surface area contributed by atoms with E-state index >= 15 is 0 Å². The number of rotatable bonds is 2. The second kappa shape index (κ2) is 5.36. The minimum Gasteiger partial charge on any atom is -0.320 e. The van der Waals surface area contributed by atoms with E-state index in [-0.39, 0.29) is 11.5 Å². The van der Waals surface area contributed by atoms with Gasteiger partial charge in [-0.05, 0) is 28.2 Å². The van der Waals surface area contributed by atoms with E-state index in [0.717, 1.165) is 16.1 Å². The average Bonchev–Trinajstić information content (AvgIpc) is 2.37. The molecule has 0 aromatic heterocycles. The Morgan fingerprint density at radius 3 is 2.00 bits per heavy atom. The Morgan fingerprint density at radius 2 is 1.42 bits per heavy atom. The maximum Gasteiger partial charge on any atom is 0.0569 e. The van der Waals surface area contributed by atoms with Crippen molar-refractivity contribution in [3.63, 3.8) is 0 Å². The molecule has 0 aliphatic heterocycles. The molecule has 0 amide bonds. The van der Waals surface area contributed by atoms with Gasteiger partial charge in [-0.2, -0.15) is 0 Å². The molecule has 1 atom stereocenters. The summed E-state index contributed by atoms with van der Waals surface area (Å²) in [5.74, 6) is 0. The highest BCUT2D eigenvalue weighted by Gasteiger charge is 2.22. The van der Waals surface area contributed by atoms with Crippen molar-refractivity contribution in [3.8, 4) is 0 Å². The van der Waals surface area contributed by atoms with Crippen LogP contribution in [0, 0.1) is 0 Å². The van der Waals surface area contributed by atoms with Gasteiger partial charge in [0.1, 0.15) is 0 Å². The summed E-state index contributed by atoms with van der Waals surface area (Å²) in [5.41, 5.74) is 9.88. The van der Waals surface area contributed by atoms with E-state index in [9.17, 15) is 0 Å². The van der Waals surface area contributed by atoms with Crippen molar-refractivity contribution in [2.75, 3.05) is 0 Å². The maximum atomic E-state index is 6.43. The SMILES string of the molecule is CC(C)(C)c1ccccc1C(N)c1ccccc1Cl. The number of nitrogens with two attached hydrogens (primary N) is 1. The molecule has 0 saturated carbocycles. The van der Waals surface area contributed by atoms with Crippen LogP contribution in [0.2, 0.25) is 5.02 Å². The minimum atomic E-state index is -0.191.